The van der Waals surface area contributed by atoms with E-state index in [2.05, 4.69) is 5.32 Å². The van der Waals surface area contributed by atoms with Crippen molar-refractivity contribution in [1.82, 2.24) is 5.32 Å². The molecule has 0 radical (unpaired) electrons. The predicted molar refractivity (Wildman–Crippen MR) is 75.8 cm³/mol. The number of anilines is 1. The molecule has 0 fully saturated rings. The molecule has 0 spiro atoms. The van der Waals surface area contributed by atoms with E-state index in [4.69, 9.17) is 10.5 Å². The first kappa shape index (κ1) is 15.8. The molecule has 0 bridgehead atoms. The van der Waals surface area contributed by atoms with Crippen molar-refractivity contribution >= 4 is 17.6 Å². The SMILES string of the molecule is CCC(C)[C@H](NC(=O)c1ccc(N)cc1OC)C(=O)O. The molecule has 1 aromatic carbocycles. The standard InChI is InChI=1S/C14H20N2O4/c1-4-8(2)12(14(18)19)16-13(17)10-6-5-9(15)7-11(10)20-3/h5-8,12H,4,15H2,1-3H3,(H,16,17)(H,18,19)/t8?,12-/m0/s1. The fourth-order valence-electron chi connectivity index (χ4n) is 1.80. The number of amides is 1. The summed E-state index contributed by atoms with van der Waals surface area (Å²) < 4.78 is 5.09. The van der Waals surface area contributed by atoms with Crippen LogP contribution in [0.3, 0.4) is 0 Å². The molecule has 0 saturated heterocycles. The summed E-state index contributed by atoms with van der Waals surface area (Å²) in [5.41, 5.74) is 6.34. The lowest BCUT2D eigenvalue weighted by Gasteiger charge is -2.20. The molecule has 6 nitrogen and oxygen atoms in total. The summed E-state index contributed by atoms with van der Waals surface area (Å²) in [5.74, 6) is -1.40. The Morgan fingerprint density at radius 1 is 1.45 bits per heavy atom. The van der Waals surface area contributed by atoms with Crippen LogP contribution in [0.1, 0.15) is 30.6 Å². The number of benzene rings is 1. The summed E-state index contributed by atoms with van der Waals surface area (Å²) in [4.78, 5) is 23.4. The van der Waals surface area contributed by atoms with Crippen LogP contribution in [-0.4, -0.2) is 30.1 Å². The maximum absolute atomic E-state index is 12.2. The lowest BCUT2D eigenvalue weighted by Crippen LogP contribution is -2.45. The number of aliphatic carboxylic acids is 1. The molecule has 1 aromatic rings. The van der Waals surface area contributed by atoms with Crippen LogP contribution >= 0.6 is 0 Å². The van der Waals surface area contributed by atoms with Crippen LogP contribution in [0.15, 0.2) is 18.2 Å². The number of hydrogen-bond acceptors (Lipinski definition) is 4. The van der Waals surface area contributed by atoms with Crippen molar-refractivity contribution in [2.45, 2.75) is 26.3 Å². The number of nitrogen functional groups attached to an aromatic ring is 1. The van der Waals surface area contributed by atoms with Crippen molar-refractivity contribution in [3.8, 4) is 5.75 Å². The van der Waals surface area contributed by atoms with Gasteiger partial charge in [-0.3, -0.25) is 4.79 Å². The quantitative estimate of drug-likeness (QED) is 0.685. The minimum absolute atomic E-state index is 0.170. The van der Waals surface area contributed by atoms with E-state index < -0.39 is 17.9 Å². The van der Waals surface area contributed by atoms with Crippen LogP contribution < -0.4 is 15.8 Å². The molecule has 0 aromatic heterocycles. The predicted octanol–water partition coefficient (Wildman–Crippen LogP) is 1.51. The van der Waals surface area contributed by atoms with E-state index in [0.717, 1.165) is 0 Å². The Morgan fingerprint density at radius 3 is 2.60 bits per heavy atom. The molecule has 4 N–H and O–H groups in total. The van der Waals surface area contributed by atoms with Gasteiger partial charge in [-0.2, -0.15) is 0 Å². The molecule has 2 atom stereocenters. The van der Waals surface area contributed by atoms with Crippen molar-refractivity contribution in [3.63, 3.8) is 0 Å². The van der Waals surface area contributed by atoms with Gasteiger partial charge in [0.05, 0.1) is 12.7 Å². The van der Waals surface area contributed by atoms with Crippen molar-refractivity contribution < 1.29 is 19.4 Å². The number of rotatable bonds is 6. The summed E-state index contributed by atoms with van der Waals surface area (Å²) in [6, 6.07) is 3.67. The van der Waals surface area contributed by atoms with Gasteiger partial charge in [0.1, 0.15) is 11.8 Å². The minimum Gasteiger partial charge on any atom is -0.496 e. The summed E-state index contributed by atoms with van der Waals surface area (Å²) in [7, 11) is 1.43. The second-order valence-electron chi connectivity index (χ2n) is 4.63. The van der Waals surface area contributed by atoms with Crippen LogP contribution in [0.2, 0.25) is 0 Å². The van der Waals surface area contributed by atoms with Crippen molar-refractivity contribution in [1.29, 1.82) is 0 Å². The summed E-state index contributed by atoms with van der Waals surface area (Å²) in [6.07, 6.45) is 0.649. The first-order chi connectivity index (χ1) is 9.40. The smallest absolute Gasteiger partial charge is 0.326 e. The number of hydrogen-bond donors (Lipinski definition) is 3. The van der Waals surface area contributed by atoms with E-state index in [1.54, 1.807) is 13.0 Å². The molecule has 110 valence electrons. The first-order valence-corrected chi connectivity index (χ1v) is 6.37. The summed E-state index contributed by atoms with van der Waals surface area (Å²) in [5, 5.41) is 11.7. The first-order valence-electron chi connectivity index (χ1n) is 6.37. The third kappa shape index (κ3) is 3.63. The van der Waals surface area contributed by atoms with Crippen molar-refractivity contribution in [3.05, 3.63) is 23.8 Å². The zero-order chi connectivity index (χ0) is 15.3. The Hall–Kier alpha value is -2.24. The van der Waals surface area contributed by atoms with Crippen LogP contribution in [0.5, 0.6) is 5.75 Å². The van der Waals surface area contributed by atoms with Crippen molar-refractivity contribution in [2.24, 2.45) is 5.92 Å². The van der Waals surface area contributed by atoms with Crippen LogP contribution in [0.4, 0.5) is 5.69 Å². The van der Waals surface area contributed by atoms with Crippen LogP contribution in [0.25, 0.3) is 0 Å². The molecule has 0 saturated carbocycles. The van der Waals surface area contributed by atoms with E-state index in [1.807, 2.05) is 6.92 Å². The average Bonchev–Trinajstić information content (AvgIpc) is 2.42. The number of carbonyl (C=O) groups excluding carboxylic acids is 1. The highest BCUT2D eigenvalue weighted by molar-refractivity contribution is 5.99. The third-order valence-electron chi connectivity index (χ3n) is 3.24. The topological polar surface area (TPSA) is 102 Å². The largest absolute Gasteiger partial charge is 0.496 e. The lowest BCUT2D eigenvalue weighted by atomic mass is 9.99. The van der Waals surface area contributed by atoms with E-state index >= 15 is 0 Å². The van der Waals surface area contributed by atoms with Gasteiger partial charge in [0.15, 0.2) is 0 Å². The van der Waals surface area contributed by atoms with E-state index in [9.17, 15) is 14.7 Å². The Morgan fingerprint density at radius 2 is 2.10 bits per heavy atom. The second kappa shape index (κ2) is 6.79. The molecule has 0 aliphatic heterocycles. The maximum atomic E-state index is 12.2. The zero-order valence-electron chi connectivity index (χ0n) is 11.8. The van der Waals surface area contributed by atoms with E-state index in [0.29, 0.717) is 17.9 Å². The van der Waals surface area contributed by atoms with E-state index in [-0.39, 0.29) is 11.5 Å². The van der Waals surface area contributed by atoms with Gasteiger partial charge in [-0.05, 0) is 18.1 Å². The molecule has 1 unspecified atom stereocenters. The molecular weight excluding hydrogens is 260 g/mol. The maximum Gasteiger partial charge on any atom is 0.326 e. The van der Waals surface area contributed by atoms with Gasteiger partial charge in [-0.15, -0.1) is 0 Å². The number of ether oxygens (including phenoxy) is 1. The van der Waals surface area contributed by atoms with Gasteiger partial charge >= 0.3 is 5.97 Å². The number of carboxylic acids is 1. The normalized spacial score (nSPS) is 13.3. The van der Waals surface area contributed by atoms with Gasteiger partial charge in [0.25, 0.3) is 5.91 Å². The fraction of sp³-hybridized carbons (Fsp3) is 0.429. The number of carbonyl (C=O) groups is 2. The van der Waals surface area contributed by atoms with Gasteiger partial charge in [-0.1, -0.05) is 20.3 Å². The molecule has 6 heteroatoms. The Balaban J connectivity index is 2.97. The number of methoxy groups -OCH3 is 1. The van der Waals surface area contributed by atoms with E-state index in [1.165, 1.54) is 19.2 Å². The fourth-order valence-corrected chi connectivity index (χ4v) is 1.80. The van der Waals surface area contributed by atoms with Gasteiger partial charge in [-0.25, -0.2) is 4.79 Å². The molecule has 1 amide bonds. The average molecular weight is 280 g/mol. The Labute approximate surface area is 117 Å². The van der Waals surface area contributed by atoms with Crippen LogP contribution in [-0.2, 0) is 4.79 Å². The molecule has 0 aliphatic rings. The lowest BCUT2D eigenvalue weighted by molar-refractivity contribution is -0.140. The molecule has 20 heavy (non-hydrogen) atoms. The Kier molecular flexibility index (Phi) is 5.37. The Bertz CT molecular complexity index is 502. The molecular formula is C14H20N2O4. The monoisotopic (exact) mass is 280 g/mol. The number of nitrogens with one attached hydrogen (secondary N) is 1. The van der Waals surface area contributed by atoms with Gasteiger partial charge in [0, 0.05) is 11.8 Å². The summed E-state index contributed by atoms with van der Waals surface area (Å²) >= 11 is 0. The number of nitrogens with two attached hydrogens (primary N) is 1. The highest BCUT2D eigenvalue weighted by Crippen LogP contribution is 2.22. The molecule has 0 aliphatic carbocycles. The highest BCUT2D eigenvalue weighted by atomic mass is 16.5. The third-order valence-corrected chi connectivity index (χ3v) is 3.24. The second-order valence-corrected chi connectivity index (χ2v) is 4.63. The highest BCUT2D eigenvalue weighted by Gasteiger charge is 2.26. The van der Waals surface area contributed by atoms with Crippen molar-refractivity contribution in [2.75, 3.05) is 12.8 Å². The van der Waals surface area contributed by atoms with Crippen LogP contribution in [0, 0.1) is 5.92 Å². The molecule has 0 heterocycles. The minimum atomic E-state index is -1.05. The summed E-state index contributed by atoms with van der Waals surface area (Å²) in [6.45, 7) is 3.65. The zero-order valence-corrected chi connectivity index (χ0v) is 11.8. The molecule has 1 rings (SSSR count). The van der Waals surface area contributed by atoms with Gasteiger partial charge < -0.3 is 20.9 Å². The van der Waals surface area contributed by atoms with Gasteiger partial charge in [0.2, 0.25) is 0 Å². The number of carboxylic acid groups (broad SMARTS) is 1.